The molecule has 5 heteroatoms. The van der Waals surface area contributed by atoms with Crippen LogP contribution in [-0.2, 0) is 9.47 Å². The Morgan fingerprint density at radius 1 is 1.30 bits per heavy atom. The van der Waals surface area contributed by atoms with E-state index in [-0.39, 0.29) is 11.5 Å². The second kappa shape index (κ2) is 7.32. The Bertz CT molecular complexity index is 507. The summed E-state index contributed by atoms with van der Waals surface area (Å²) in [5.74, 6) is 0. The zero-order valence-corrected chi connectivity index (χ0v) is 14.5. The normalized spacial score (nSPS) is 17.9. The molecule has 0 saturated carbocycles. The van der Waals surface area contributed by atoms with Gasteiger partial charge in [-0.15, -0.1) is 0 Å². The fraction of sp³-hybridized carbons (Fsp3) is 0.611. The van der Waals surface area contributed by atoms with Gasteiger partial charge in [0.2, 0.25) is 0 Å². The molecule has 1 aliphatic rings. The minimum absolute atomic E-state index is 0.129. The maximum absolute atomic E-state index is 12.1. The Hall–Kier alpha value is -1.59. The molecule has 1 saturated heterocycles. The molecule has 1 atom stereocenters. The van der Waals surface area contributed by atoms with Crippen LogP contribution >= 0.6 is 0 Å². The van der Waals surface area contributed by atoms with E-state index in [2.05, 4.69) is 17.6 Å². The van der Waals surface area contributed by atoms with E-state index in [0.29, 0.717) is 6.54 Å². The molecule has 0 aromatic heterocycles. The maximum Gasteiger partial charge on any atom is 0.408 e. The lowest BCUT2D eigenvalue weighted by molar-refractivity contribution is -0.0990. The molecular formula is C18H28N2O3. The molecule has 1 unspecified atom stereocenters. The predicted octanol–water partition coefficient (Wildman–Crippen LogP) is 2.88. The summed E-state index contributed by atoms with van der Waals surface area (Å²) < 4.78 is 10.6. The van der Waals surface area contributed by atoms with Crippen LogP contribution in [0.1, 0.15) is 39.3 Å². The van der Waals surface area contributed by atoms with Gasteiger partial charge in [0.1, 0.15) is 5.60 Å². The fourth-order valence-corrected chi connectivity index (χ4v) is 2.46. The van der Waals surface area contributed by atoms with E-state index in [1.807, 2.05) is 51.1 Å². The minimum atomic E-state index is -0.504. The van der Waals surface area contributed by atoms with Gasteiger partial charge >= 0.3 is 6.09 Å². The van der Waals surface area contributed by atoms with Crippen LogP contribution in [0.25, 0.3) is 0 Å². The first-order chi connectivity index (χ1) is 10.8. The maximum atomic E-state index is 12.1. The van der Waals surface area contributed by atoms with Crippen LogP contribution < -0.4 is 10.6 Å². The molecule has 1 aromatic carbocycles. The van der Waals surface area contributed by atoms with E-state index in [1.165, 1.54) is 0 Å². The highest BCUT2D eigenvalue weighted by atomic mass is 16.6. The van der Waals surface area contributed by atoms with Gasteiger partial charge in [0.05, 0.1) is 19.3 Å². The molecule has 23 heavy (non-hydrogen) atoms. The summed E-state index contributed by atoms with van der Waals surface area (Å²) in [5, 5.41) is 6.40. The van der Waals surface area contributed by atoms with Gasteiger partial charge in [0.25, 0.3) is 0 Å². The van der Waals surface area contributed by atoms with Crippen LogP contribution in [-0.4, -0.2) is 38.0 Å². The third-order valence-corrected chi connectivity index (χ3v) is 3.69. The van der Waals surface area contributed by atoms with Gasteiger partial charge in [-0.2, -0.15) is 0 Å². The van der Waals surface area contributed by atoms with Crippen molar-refractivity contribution in [1.29, 1.82) is 0 Å². The highest BCUT2D eigenvalue weighted by molar-refractivity contribution is 5.68. The summed E-state index contributed by atoms with van der Waals surface area (Å²) in [5.41, 5.74) is 0.753. The molecule has 1 fully saturated rings. The number of nitrogens with one attached hydrogen (secondary N) is 2. The van der Waals surface area contributed by atoms with Crippen molar-refractivity contribution in [1.82, 2.24) is 10.6 Å². The third kappa shape index (κ3) is 5.84. The number of hydrogen-bond acceptors (Lipinski definition) is 4. The second-order valence-corrected chi connectivity index (χ2v) is 7.54. The van der Waals surface area contributed by atoms with Crippen LogP contribution in [0.3, 0.4) is 0 Å². The monoisotopic (exact) mass is 320 g/mol. The number of amides is 1. The van der Waals surface area contributed by atoms with Crippen molar-refractivity contribution in [2.45, 2.75) is 39.3 Å². The Labute approximate surface area is 138 Å². The van der Waals surface area contributed by atoms with Crippen LogP contribution in [0.2, 0.25) is 0 Å². The smallest absolute Gasteiger partial charge is 0.408 e. The molecule has 5 nitrogen and oxygen atoms in total. The summed E-state index contributed by atoms with van der Waals surface area (Å²) in [7, 11) is 0. The molecule has 1 heterocycles. The van der Waals surface area contributed by atoms with Gasteiger partial charge in [-0.1, -0.05) is 37.3 Å². The van der Waals surface area contributed by atoms with E-state index in [1.54, 1.807) is 0 Å². The Morgan fingerprint density at radius 2 is 1.96 bits per heavy atom. The molecule has 0 radical (unpaired) electrons. The van der Waals surface area contributed by atoms with Crippen molar-refractivity contribution < 1.29 is 14.3 Å². The van der Waals surface area contributed by atoms with Crippen LogP contribution in [0.5, 0.6) is 0 Å². The van der Waals surface area contributed by atoms with Gasteiger partial charge in [-0.25, -0.2) is 4.79 Å². The average molecular weight is 320 g/mol. The molecular weight excluding hydrogens is 292 g/mol. The highest BCUT2D eigenvalue weighted by Gasteiger charge is 2.33. The first kappa shape index (κ1) is 17.8. The van der Waals surface area contributed by atoms with Crippen molar-refractivity contribution >= 4 is 6.09 Å². The SMILES string of the molecule is CC1(CNCC(NC(=O)OC(C)(C)C)c2ccccc2)COC1. The number of alkyl carbamates (subject to hydrolysis) is 1. The highest BCUT2D eigenvalue weighted by Crippen LogP contribution is 2.25. The van der Waals surface area contributed by atoms with Gasteiger partial charge in [-0.3, -0.25) is 0 Å². The summed E-state index contributed by atoms with van der Waals surface area (Å²) >= 11 is 0. The molecule has 1 aromatic rings. The predicted molar refractivity (Wildman–Crippen MR) is 90.3 cm³/mol. The van der Waals surface area contributed by atoms with Crippen LogP contribution in [0.4, 0.5) is 4.79 Å². The van der Waals surface area contributed by atoms with Crippen molar-refractivity contribution in [3.8, 4) is 0 Å². The molecule has 1 amide bonds. The van der Waals surface area contributed by atoms with E-state index in [4.69, 9.17) is 9.47 Å². The Balaban J connectivity index is 1.93. The summed E-state index contributed by atoms with van der Waals surface area (Å²) in [6, 6.07) is 9.81. The quantitative estimate of drug-likeness (QED) is 0.846. The van der Waals surface area contributed by atoms with Crippen LogP contribution in [0, 0.1) is 5.41 Å². The van der Waals surface area contributed by atoms with Crippen molar-refractivity contribution in [3.05, 3.63) is 35.9 Å². The first-order valence-electron chi connectivity index (χ1n) is 8.10. The lowest BCUT2D eigenvalue weighted by Gasteiger charge is -2.38. The number of ether oxygens (including phenoxy) is 2. The third-order valence-electron chi connectivity index (χ3n) is 3.69. The van der Waals surface area contributed by atoms with Gasteiger partial charge in [-0.05, 0) is 26.3 Å². The minimum Gasteiger partial charge on any atom is -0.444 e. The zero-order chi connectivity index (χ0) is 16.9. The summed E-state index contributed by atoms with van der Waals surface area (Å²) in [6.45, 7) is 10.9. The van der Waals surface area contributed by atoms with E-state index in [9.17, 15) is 4.79 Å². The van der Waals surface area contributed by atoms with E-state index < -0.39 is 11.7 Å². The van der Waals surface area contributed by atoms with E-state index >= 15 is 0 Å². The summed E-state index contributed by atoms with van der Waals surface area (Å²) in [6.07, 6.45) is -0.397. The second-order valence-electron chi connectivity index (χ2n) is 7.54. The Morgan fingerprint density at radius 3 is 2.48 bits per heavy atom. The molecule has 1 aliphatic heterocycles. The van der Waals surface area contributed by atoms with Crippen molar-refractivity contribution in [3.63, 3.8) is 0 Å². The standard InChI is InChI=1S/C18H28N2O3/c1-17(2,3)23-16(21)20-15(14-8-6-5-7-9-14)10-19-11-18(4)12-22-13-18/h5-9,15,19H,10-13H2,1-4H3,(H,20,21). The number of rotatable bonds is 6. The van der Waals surface area contributed by atoms with Crippen molar-refractivity contribution in [2.24, 2.45) is 5.41 Å². The molecule has 2 N–H and O–H groups in total. The Kier molecular flexibility index (Phi) is 5.65. The number of hydrogen-bond donors (Lipinski definition) is 2. The number of carbonyl (C=O) groups excluding carboxylic acids is 1. The van der Waals surface area contributed by atoms with Gasteiger partial charge in [0.15, 0.2) is 0 Å². The van der Waals surface area contributed by atoms with Gasteiger partial charge in [0, 0.05) is 18.5 Å². The molecule has 0 spiro atoms. The average Bonchev–Trinajstić information content (AvgIpc) is 2.43. The number of carbonyl (C=O) groups is 1. The molecule has 0 aliphatic carbocycles. The topological polar surface area (TPSA) is 59.6 Å². The van der Waals surface area contributed by atoms with Crippen LogP contribution in [0.15, 0.2) is 30.3 Å². The fourth-order valence-electron chi connectivity index (χ4n) is 2.46. The largest absolute Gasteiger partial charge is 0.444 e. The zero-order valence-electron chi connectivity index (χ0n) is 14.5. The lowest BCUT2D eigenvalue weighted by Crippen LogP contribution is -2.49. The first-order valence-corrected chi connectivity index (χ1v) is 8.10. The molecule has 128 valence electrons. The summed E-state index contributed by atoms with van der Waals surface area (Å²) in [4.78, 5) is 12.1. The lowest BCUT2D eigenvalue weighted by atomic mass is 9.88. The van der Waals surface area contributed by atoms with E-state index in [0.717, 1.165) is 25.3 Å². The van der Waals surface area contributed by atoms with Gasteiger partial charge < -0.3 is 20.1 Å². The van der Waals surface area contributed by atoms with Crippen molar-refractivity contribution in [2.75, 3.05) is 26.3 Å². The molecule has 2 rings (SSSR count). The number of benzene rings is 1. The molecule has 0 bridgehead atoms.